The molecule has 0 spiro atoms. The summed E-state index contributed by atoms with van der Waals surface area (Å²) in [5, 5.41) is 0. The molecule has 4 nitrogen and oxygen atoms in total. The van der Waals surface area contributed by atoms with Gasteiger partial charge in [-0.05, 0) is 44.8 Å². The topological polar surface area (TPSA) is 20.6 Å². The molecule has 1 saturated heterocycles. The quantitative estimate of drug-likeness (QED) is 0.842. The van der Waals surface area contributed by atoms with Gasteiger partial charge in [0.1, 0.15) is 0 Å². The molecule has 0 bridgehead atoms. The van der Waals surface area contributed by atoms with Crippen molar-refractivity contribution in [2.75, 3.05) is 46.9 Å². The first-order chi connectivity index (χ1) is 11.6. The predicted octanol–water partition coefficient (Wildman–Crippen LogP) is 2.80. The van der Waals surface area contributed by atoms with Crippen LogP contribution in [0.1, 0.15) is 11.3 Å². The summed E-state index contributed by atoms with van der Waals surface area (Å²) in [6, 6.07) is 13.0. The minimum absolute atomic E-state index is 0.573. The standard InChI is InChI=1S/C20H29N3O/c1-17-7-4-5-9-20(17)23-10-6-8-19(23)15-22-11-12-24-16-18(14-22)13-21(2)3/h4-10,18H,11-16H2,1-3H3/t18-/m1/s1. The summed E-state index contributed by atoms with van der Waals surface area (Å²) in [6.07, 6.45) is 2.17. The number of aromatic nitrogens is 1. The van der Waals surface area contributed by atoms with E-state index in [-0.39, 0.29) is 0 Å². The van der Waals surface area contributed by atoms with Gasteiger partial charge >= 0.3 is 0 Å². The summed E-state index contributed by atoms with van der Waals surface area (Å²) < 4.78 is 8.14. The summed E-state index contributed by atoms with van der Waals surface area (Å²) in [5.74, 6) is 0.573. The van der Waals surface area contributed by atoms with Gasteiger partial charge in [-0.15, -0.1) is 0 Å². The third kappa shape index (κ3) is 4.26. The van der Waals surface area contributed by atoms with E-state index in [0.717, 1.165) is 39.4 Å². The van der Waals surface area contributed by atoms with Gasteiger partial charge < -0.3 is 14.2 Å². The maximum atomic E-state index is 5.82. The van der Waals surface area contributed by atoms with Crippen molar-refractivity contribution in [3.05, 3.63) is 53.9 Å². The van der Waals surface area contributed by atoms with Gasteiger partial charge in [0.15, 0.2) is 0 Å². The number of rotatable bonds is 5. The smallest absolute Gasteiger partial charge is 0.0593 e. The minimum atomic E-state index is 0.573. The van der Waals surface area contributed by atoms with Crippen LogP contribution in [0, 0.1) is 12.8 Å². The summed E-state index contributed by atoms with van der Waals surface area (Å²) in [7, 11) is 4.27. The van der Waals surface area contributed by atoms with Gasteiger partial charge in [0.05, 0.1) is 13.2 Å². The average Bonchev–Trinajstić information content (AvgIpc) is 2.87. The third-order valence-electron chi connectivity index (χ3n) is 4.64. The zero-order valence-corrected chi connectivity index (χ0v) is 15.1. The van der Waals surface area contributed by atoms with Crippen LogP contribution >= 0.6 is 0 Å². The van der Waals surface area contributed by atoms with Crippen molar-refractivity contribution in [2.45, 2.75) is 13.5 Å². The normalized spacial score (nSPS) is 19.6. The van der Waals surface area contributed by atoms with Crippen LogP contribution in [0.3, 0.4) is 0 Å². The van der Waals surface area contributed by atoms with Crippen LogP contribution in [-0.2, 0) is 11.3 Å². The highest BCUT2D eigenvalue weighted by Gasteiger charge is 2.20. The molecular weight excluding hydrogens is 298 g/mol. The van der Waals surface area contributed by atoms with Crippen molar-refractivity contribution in [3.63, 3.8) is 0 Å². The van der Waals surface area contributed by atoms with Crippen LogP contribution in [0.15, 0.2) is 42.6 Å². The highest BCUT2D eigenvalue weighted by molar-refractivity contribution is 5.42. The molecule has 1 atom stereocenters. The second kappa shape index (κ2) is 7.97. The summed E-state index contributed by atoms with van der Waals surface area (Å²) in [5.41, 5.74) is 3.92. The monoisotopic (exact) mass is 327 g/mol. The van der Waals surface area contributed by atoms with Gasteiger partial charge in [-0.2, -0.15) is 0 Å². The number of hydrogen-bond acceptors (Lipinski definition) is 3. The fraction of sp³-hybridized carbons (Fsp3) is 0.500. The van der Waals surface area contributed by atoms with Crippen molar-refractivity contribution in [2.24, 2.45) is 5.92 Å². The van der Waals surface area contributed by atoms with E-state index < -0.39 is 0 Å². The van der Waals surface area contributed by atoms with Crippen LogP contribution in [0.5, 0.6) is 0 Å². The van der Waals surface area contributed by atoms with Crippen molar-refractivity contribution in [1.29, 1.82) is 0 Å². The van der Waals surface area contributed by atoms with E-state index in [9.17, 15) is 0 Å². The fourth-order valence-electron chi connectivity index (χ4n) is 3.57. The van der Waals surface area contributed by atoms with Crippen molar-refractivity contribution < 1.29 is 4.74 Å². The molecule has 4 heteroatoms. The van der Waals surface area contributed by atoms with E-state index in [1.807, 2.05) is 0 Å². The molecule has 1 aliphatic rings. The molecule has 1 aliphatic heterocycles. The predicted molar refractivity (Wildman–Crippen MR) is 98.6 cm³/mol. The summed E-state index contributed by atoms with van der Waals surface area (Å²) >= 11 is 0. The van der Waals surface area contributed by atoms with Crippen LogP contribution in [0.25, 0.3) is 5.69 Å². The minimum Gasteiger partial charge on any atom is -0.380 e. The molecule has 24 heavy (non-hydrogen) atoms. The average molecular weight is 327 g/mol. The van der Waals surface area contributed by atoms with E-state index in [4.69, 9.17) is 4.74 Å². The number of aryl methyl sites for hydroxylation is 1. The Bertz CT molecular complexity index is 650. The van der Waals surface area contributed by atoms with Gasteiger partial charge in [0, 0.05) is 49.7 Å². The summed E-state index contributed by atoms with van der Waals surface area (Å²) in [6.45, 7) is 8.01. The molecule has 0 amide bonds. The molecule has 3 rings (SSSR count). The van der Waals surface area contributed by atoms with E-state index in [1.54, 1.807) is 0 Å². The Hall–Kier alpha value is -1.62. The van der Waals surface area contributed by atoms with Crippen LogP contribution in [-0.4, -0.2) is 61.3 Å². The number of para-hydroxylation sites is 1. The van der Waals surface area contributed by atoms with Crippen LogP contribution in [0.4, 0.5) is 0 Å². The molecule has 0 aliphatic carbocycles. The van der Waals surface area contributed by atoms with Crippen molar-refractivity contribution >= 4 is 0 Å². The van der Waals surface area contributed by atoms with Gasteiger partial charge in [-0.1, -0.05) is 18.2 Å². The van der Waals surface area contributed by atoms with E-state index in [2.05, 4.69) is 78.0 Å². The van der Waals surface area contributed by atoms with E-state index in [1.165, 1.54) is 16.9 Å². The lowest BCUT2D eigenvalue weighted by Gasteiger charge is -2.26. The second-order valence-corrected chi connectivity index (χ2v) is 7.09. The Labute approximate surface area is 145 Å². The Kier molecular flexibility index (Phi) is 5.72. The lowest BCUT2D eigenvalue weighted by atomic mass is 10.1. The molecule has 1 fully saturated rings. The number of ether oxygens (including phenoxy) is 1. The number of nitrogens with zero attached hydrogens (tertiary/aromatic N) is 3. The number of hydrogen-bond donors (Lipinski definition) is 0. The Morgan fingerprint density at radius 1 is 1.17 bits per heavy atom. The van der Waals surface area contributed by atoms with Gasteiger partial charge in [-0.25, -0.2) is 0 Å². The number of benzene rings is 1. The summed E-state index contributed by atoms with van der Waals surface area (Å²) in [4.78, 5) is 4.79. The molecular formula is C20H29N3O. The Balaban J connectivity index is 1.74. The van der Waals surface area contributed by atoms with E-state index in [0.29, 0.717) is 5.92 Å². The maximum absolute atomic E-state index is 5.82. The molecule has 2 aromatic rings. The van der Waals surface area contributed by atoms with Crippen molar-refractivity contribution in [1.82, 2.24) is 14.4 Å². The molecule has 0 N–H and O–H groups in total. The molecule has 0 radical (unpaired) electrons. The lowest BCUT2D eigenvalue weighted by molar-refractivity contribution is 0.112. The first-order valence-electron chi connectivity index (χ1n) is 8.80. The highest BCUT2D eigenvalue weighted by atomic mass is 16.5. The maximum Gasteiger partial charge on any atom is 0.0593 e. The second-order valence-electron chi connectivity index (χ2n) is 7.09. The zero-order chi connectivity index (χ0) is 16.9. The van der Waals surface area contributed by atoms with Gasteiger partial charge in [0.25, 0.3) is 0 Å². The molecule has 0 saturated carbocycles. The Morgan fingerprint density at radius 3 is 2.79 bits per heavy atom. The van der Waals surface area contributed by atoms with Crippen molar-refractivity contribution in [3.8, 4) is 5.69 Å². The first-order valence-corrected chi connectivity index (χ1v) is 8.80. The Morgan fingerprint density at radius 2 is 2.00 bits per heavy atom. The molecule has 1 aromatic carbocycles. The SMILES string of the molecule is Cc1ccccc1-n1cccc1CN1CCOC[C@H](CN(C)C)C1. The third-order valence-corrected chi connectivity index (χ3v) is 4.64. The fourth-order valence-corrected chi connectivity index (χ4v) is 3.57. The van der Waals surface area contributed by atoms with Crippen LogP contribution in [0.2, 0.25) is 0 Å². The lowest BCUT2D eigenvalue weighted by Crippen LogP contribution is -2.34. The largest absolute Gasteiger partial charge is 0.380 e. The molecule has 130 valence electrons. The molecule has 1 aromatic heterocycles. The van der Waals surface area contributed by atoms with Crippen LogP contribution < -0.4 is 0 Å². The molecule has 0 unspecified atom stereocenters. The first kappa shape index (κ1) is 17.2. The molecule has 2 heterocycles. The zero-order valence-electron chi connectivity index (χ0n) is 15.1. The van der Waals surface area contributed by atoms with Gasteiger partial charge in [-0.3, -0.25) is 4.90 Å². The van der Waals surface area contributed by atoms with E-state index >= 15 is 0 Å². The van der Waals surface area contributed by atoms with Gasteiger partial charge in [0.2, 0.25) is 0 Å². The highest BCUT2D eigenvalue weighted by Crippen LogP contribution is 2.19.